The van der Waals surface area contributed by atoms with Crippen molar-refractivity contribution >= 4 is 23.2 Å². The molecular weight excluding hydrogens is 438 g/mol. The molecule has 0 spiro atoms. The van der Waals surface area contributed by atoms with Crippen LogP contribution in [0.4, 0.5) is 5.69 Å². The summed E-state index contributed by atoms with van der Waals surface area (Å²) >= 11 is 0. The first kappa shape index (κ1) is 24.4. The van der Waals surface area contributed by atoms with E-state index in [2.05, 4.69) is 15.8 Å². The molecule has 0 saturated heterocycles. The first-order valence-corrected chi connectivity index (χ1v) is 12.1. The summed E-state index contributed by atoms with van der Waals surface area (Å²) in [6.07, 6.45) is 5.34. The lowest BCUT2D eigenvalue weighted by Crippen LogP contribution is -2.43. The van der Waals surface area contributed by atoms with Gasteiger partial charge in [-0.3, -0.25) is 9.59 Å². The van der Waals surface area contributed by atoms with Crippen molar-refractivity contribution in [3.63, 3.8) is 0 Å². The number of hydrogen-bond acceptors (Lipinski definition) is 4. The van der Waals surface area contributed by atoms with E-state index in [4.69, 9.17) is 0 Å². The Labute approximate surface area is 206 Å². The summed E-state index contributed by atoms with van der Waals surface area (Å²) in [5.74, 6) is -0.475. The number of anilines is 1. The molecule has 3 aromatic rings. The molecule has 0 radical (unpaired) electrons. The van der Waals surface area contributed by atoms with Gasteiger partial charge in [-0.15, -0.1) is 0 Å². The predicted molar refractivity (Wildman–Crippen MR) is 138 cm³/mol. The minimum absolute atomic E-state index is 0.0798. The van der Waals surface area contributed by atoms with Crippen molar-refractivity contribution in [3.8, 4) is 0 Å². The van der Waals surface area contributed by atoms with Gasteiger partial charge in [-0.25, -0.2) is 5.43 Å². The van der Waals surface area contributed by atoms with Crippen LogP contribution >= 0.6 is 0 Å². The van der Waals surface area contributed by atoms with Crippen LogP contribution in [-0.2, 0) is 15.2 Å². The van der Waals surface area contributed by atoms with E-state index in [0.29, 0.717) is 16.8 Å². The van der Waals surface area contributed by atoms with E-state index < -0.39 is 11.5 Å². The van der Waals surface area contributed by atoms with Crippen LogP contribution in [0.2, 0.25) is 0 Å². The van der Waals surface area contributed by atoms with Crippen molar-refractivity contribution in [2.24, 2.45) is 11.0 Å². The maximum Gasteiger partial charge on any atom is 0.281 e. The van der Waals surface area contributed by atoms with Gasteiger partial charge < -0.3 is 10.4 Å². The molecule has 0 aromatic heterocycles. The second-order valence-corrected chi connectivity index (χ2v) is 8.98. The van der Waals surface area contributed by atoms with Crippen LogP contribution in [0.5, 0.6) is 0 Å². The summed E-state index contributed by atoms with van der Waals surface area (Å²) < 4.78 is 0. The van der Waals surface area contributed by atoms with Crippen molar-refractivity contribution in [1.29, 1.82) is 0 Å². The van der Waals surface area contributed by atoms with Crippen LogP contribution in [0.15, 0.2) is 90.0 Å². The number of aliphatic hydroxyl groups is 1. The van der Waals surface area contributed by atoms with E-state index in [9.17, 15) is 14.7 Å². The number of carbonyl (C=O) groups excluding carboxylic acids is 2. The van der Waals surface area contributed by atoms with Crippen LogP contribution in [0.1, 0.15) is 55.7 Å². The summed E-state index contributed by atoms with van der Waals surface area (Å²) in [6, 6.07) is 25.0. The van der Waals surface area contributed by atoms with Crippen molar-refractivity contribution in [2.75, 3.05) is 5.32 Å². The highest BCUT2D eigenvalue weighted by Gasteiger charge is 2.40. The fourth-order valence-electron chi connectivity index (χ4n) is 4.47. The molecule has 180 valence electrons. The molecule has 1 saturated carbocycles. The average molecular weight is 470 g/mol. The molecule has 3 N–H and O–H groups in total. The van der Waals surface area contributed by atoms with Gasteiger partial charge in [-0.05, 0) is 48.6 Å². The van der Waals surface area contributed by atoms with Gasteiger partial charge in [0.1, 0.15) is 0 Å². The lowest BCUT2D eigenvalue weighted by Gasteiger charge is -2.27. The van der Waals surface area contributed by atoms with E-state index in [-0.39, 0.29) is 11.8 Å². The maximum atomic E-state index is 13.2. The van der Waals surface area contributed by atoms with E-state index in [1.165, 1.54) is 6.42 Å². The molecule has 0 atom stereocenters. The summed E-state index contributed by atoms with van der Waals surface area (Å²) in [5, 5.41) is 18.8. The van der Waals surface area contributed by atoms with E-state index >= 15 is 0 Å². The summed E-state index contributed by atoms with van der Waals surface area (Å²) in [6.45, 7) is 1.78. The molecule has 1 aliphatic rings. The van der Waals surface area contributed by atoms with Crippen LogP contribution < -0.4 is 10.7 Å². The molecule has 6 nitrogen and oxygen atoms in total. The Morgan fingerprint density at radius 3 is 1.91 bits per heavy atom. The van der Waals surface area contributed by atoms with Gasteiger partial charge in [0.25, 0.3) is 5.91 Å². The lowest BCUT2D eigenvalue weighted by molar-refractivity contribution is -0.136. The van der Waals surface area contributed by atoms with E-state index in [1.54, 1.807) is 55.5 Å². The molecule has 0 bridgehead atoms. The highest BCUT2D eigenvalue weighted by Crippen LogP contribution is 2.30. The number of hydrazone groups is 1. The van der Waals surface area contributed by atoms with Gasteiger partial charge in [-0.2, -0.15) is 5.10 Å². The lowest BCUT2D eigenvalue weighted by atomic mass is 9.85. The first-order chi connectivity index (χ1) is 17.0. The highest BCUT2D eigenvalue weighted by molar-refractivity contribution is 6.00. The molecule has 0 aliphatic heterocycles. The quantitative estimate of drug-likeness (QED) is 0.337. The largest absolute Gasteiger partial charge is 0.372 e. The third-order valence-corrected chi connectivity index (χ3v) is 6.58. The molecule has 1 fully saturated rings. The van der Waals surface area contributed by atoms with Gasteiger partial charge >= 0.3 is 0 Å². The molecule has 0 unspecified atom stereocenters. The van der Waals surface area contributed by atoms with E-state index in [1.807, 2.05) is 36.4 Å². The molecule has 1 aliphatic carbocycles. The number of rotatable bonds is 7. The molecule has 6 heteroatoms. The van der Waals surface area contributed by atoms with Gasteiger partial charge in [0.15, 0.2) is 5.60 Å². The monoisotopic (exact) mass is 469 g/mol. The maximum absolute atomic E-state index is 13.2. The number of carbonyl (C=O) groups is 2. The Morgan fingerprint density at radius 1 is 0.829 bits per heavy atom. The molecular formula is C29H31N3O3. The second kappa shape index (κ2) is 11.1. The third-order valence-electron chi connectivity index (χ3n) is 6.58. The van der Waals surface area contributed by atoms with Crippen molar-refractivity contribution < 1.29 is 14.7 Å². The predicted octanol–water partition coefficient (Wildman–Crippen LogP) is 4.98. The summed E-state index contributed by atoms with van der Waals surface area (Å²) in [5.41, 5.74) is 3.67. The van der Waals surface area contributed by atoms with Gasteiger partial charge in [-0.1, -0.05) is 92.1 Å². The zero-order valence-electron chi connectivity index (χ0n) is 19.9. The Hall–Kier alpha value is -3.77. The molecule has 35 heavy (non-hydrogen) atoms. The third kappa shape index (κ3) is 5.66. The minimum atomic E-state index is -1.89. The number of nitrogens with one attached hydrogen (secondary N) is 2. The zero-order chi connectivity index (χ0) is 24.7. The van der Waals surface area contributed by atoms with Crippen molar-refractivity contribution in [1.82, 2.24) is 5.43 Å². The Kier molecular flexibility index (Phi) is 7.73. The number of hydrogen-bond donors (Lipinski definition) is 3. The Bertz CT molecular complexity index is 1130. The van der Waals surface area contributed by atoms with Gasteiger partial charge in [0.2, 0.25) is 5.91 Å². The summed E-state index contributed by atoms with van der Waals surface area (Å²) in [7, 11) is 0. The van der Waals surface area contributed by atoms with E-state index in [0.717, 1.165) is 36.9 Å². The average Bonchev–Trinajstić information content (AvgIpc) is 2.93. The van der Waals surface area contributed by atoms with Crippen molar-refractivity contribution in [3.05, 3.63) is 102 Å². The number of benzene rings is 3. The van der Waals surface area contributed by atoms with Crippen LogP contribution in [0, 0.1) is 5.92 Å². The summed E-state index contributed by atoms with van der Waals surface area (Å²) in [4.78, 5) is 25.7. The SMILES string of the molecule is C/C(=N\NC(=O)C(O)(c1ccccc1)c1ccccc1)c1ccc(NC(=O)C2CCCCC2)cc1. The normalized spacial score (nSPS) is 14.9. The number of amides is 2. The van der Waals surface area contributed by atoms with Crippen LogP contribution in [0.3, 0.4) is 0 Å². The fraction of sp³-hybridized carbons (Fsp3) is 0.276. The molecule has 2 amide bonds. The number of nitrogens with zero attached hydrogens (tertiary/aromatic N) is 1. The topological polar surface area (TPSA) is 90.8 Å². The Morgan fingerprint density at radius 2 is 1.37 bits per heavy atom. The van der Waals surface area contributed by atoms with Gasteiger partial charge in [0, 0.05) is 11.6 Å². The minimum Gasteiger partial charge on any atom is -0.372 e. The molecule has 0 heterocycles. The molecule has 4 rings (SSSR count). The van der Waals surface area contributed by atoms with Crippen LogP contribution in [-0.4, -0.2) is 22.6 Å². The first-order valence-electron chi connectivity index (χ1n) is 12.1. The fourth-order valence-corrected chi connectivity index (χ4v) is 4.47. The second-order valence-electron chi connectivity index (χ2n) is 8.98. The highest BCUT2D eigenvalue weighted by atomic mass is 16.3. The van der Waals surface area contributed by atoms with Crippen molar-refractivity contribution in [2.45, 2.75) is 44.6 Å². The molecule has 3 aromatic carbocycles. The van der Waals surface area contributed by atoms with Gasteiger partial charge in [0.05, 0.1) is 5.71 Å². The Balaban J connectivity index is 1.46. The zero-order valence-corrected chi connectivity index (χ0v) is 19.9. The smallest absolute Gasteiger partial charge is 0.281 e. The van der Waals surface area contributed by atoms with Crippen LogP contribution in [0.25, 0.3) is 0 Å². The standard InChI is InChI=1S/C29H31N3O3/c1-21(22-17-19-26(20-18-22)30-27(33)23-11-5-2-6-12-23)31-32-28(34)29(35,24-13-7-3-8-14-24)25-15-9-4-10-16-25/h3-4,7-10,13-20,23,35H,2,5-6,11-12H2,1H3,(H,30,33)(H,32,34)/b31-21+.